The summed E-state index contributed by atoms with van der Waals surface area (Å²) in [7, 11) is 0. The molecule has 0 aliphatic carbocycles. The highest BCUT2D eigenvalue weighted by Crippen LogP contribution is 2.25. The highest BCUT2D eigenvalue weighted by molar-refractivity contribution is 7.71. The van der Waals surface area contributed by atoms with Gasteiger partial charge in [0.25, 0.3) is 0 Å². The molecule has 0 radical (unpaired) electrons. The summed E-state index contributed by atoms with van der Waals surface area (Å²) in [6, 6.07) is 14.7. The van der Waals surface area contributed by atoms with Crippen LogP contribution in [0.4, 0.5) is 0 Å². The molecule has 1 aliphatic heterocycles. The molecule has 3 heterocycles. The Labute approximate surface area is 167 Å². The number of nitrogens with zero attached hydrogens (tertiary/aromatic N) is 2. The van der Waals surface area contributed by atoms with E-state index in [1.165, 1.54) is 5.56 Å². The molecule has 1 saturated heterocycles. The van der Waals surface area contributed by atoms with Gasteiger partial charge in [-0.3, -0.25) is 4.57 Å². The van der Waals surface area contributed by atoms with Crippen molar-refractivity contribution in [2.24, 2.45) is 0 Å². The Balaban J connectivity index is 1.23. The van der Waals surface area contributed by atoms with Gasteiger partial charge in [0.2, 0.25) is 0 Å². The number of fused-ring (bicyclic) bond motifs is 2. The first kappa shape index (κ1) is 17.5. The zero-order valence-electron chi connectivity index (χ0n) is 15.6. The number of para-hydroxylation sites is 2. The van der Waals surface area contributed by atoms with Gasteiger partial charge in [0.05, 0.1) is 22.1 Å². The van der Waals surface area contributed by atoms with Crippen LogP contribution in [0.3, 0.4) is 0 Å². The number of nitrogens with one attached hydrogen (secondary N) is 3. The second kappa shape index (κ2) is 7.07. The summed E-state index contributed by atoms with van der Waals surface area (Å²) < 4.78 is 2.62. The maximum absolute atomic E-state index is 12.4. The molecule has 1 fully saturated rings. The molecule has 0 bridgehead atoms. The Morgan fingerprint density at radius 2 is 1.75 bits per heavy atom. The van der Waals surface area contributed by atoms with Gasteiger partial charge in [-0.1, -0.05) is 18.2 Å². The molecule has 0 amide bonds. The van der Waals surface area contributed by atoms with Crippen LogP contribution in [0, 0.1) is 4.77 Å². The molecular formula is C21H23N5OS. The highest BCUT2D eigenvalue weighted by Gasteiger charge is 2.23. The standard InChI is InChI=1S/C21H23N5OS/c27-21-24-17-3-1-2-4-19(17)26(21)15-8-11-25(12-9-15)10-7-14-5-6-16-18(13-14)23-20(28)22-16/h1-6,13,15H,7-12H2,(H,24,27)(H2,22,23,28). The van der Waals surface area contributed by atoms with Gasteiger partial charge < -0.3 is 19.9 Å². The molecule has 0 atom stereocenters. The van der Waals surface area contributed by atoms with E-state index in [0.29, 0.717) is 4.77 Å². The summed E-state index contributed by atoms with van der Waals surface area (Å²) >= 11 is 5.16. The van der Waals surface area contributed by atoms with E-state index in [1.54, 1.807) is 0 Å². The molecule has 0 saturated carbocycles. The number of benzene rings is 2. The van der Waals surface area contributed by atoms with Crippen LogP contribution in [-0.2, 0) is 6.42 Å². The maximum atomic E-state index is 12.4. The van der Waals surface area contributed by atoms with Gasteiger partial charge in [-0.15, -0.1) is 0 Å². The largest absolute Gasteiger partial charge is 0.331 e. The summed E-state index contributed by atoms with van der Waals surface area (Å²) in [5.41, 5.74) is 5.39. The fourth-order valence-electron chi connectivity index (χ4n) is 4.36. The van der Waals surface area contributed by atoms with Gasteiger partial charge in [0, 0.05) is 25.7 Å². The summed E-state index contributed by atoms with van der Waals surface area (Å²) in [6.07, 6.45) is 3.02. The Morgan fingerprint density at radius 3 is 2.61 bits per heavy atom. The first-order valence-electron chi connectivity index (χ1n) is 9.80. The number of aromatic amines is 3. The first-order chi connectivity index (χ1) is 13.7. The van der Waals surface area contributed by atoms with E-state index in [0.717, 1.165) is 61.0 Å². The van der Waals surface area contributed by atoms with E-state index in [1.807, 2.05) is 28.8 Å². The molecule has 3 N–H and O–H groups in total. The Bertz CT molecular complexity index is 1240. The number of hydrogen-bond acceptors (Lipinski definition) is 3. The number of H-pyrrole nitrogens is 3. The molecule has 6 nitrogen and oxygen atoms in total. The lowest BCUT2D eigenvalue weighted by molar-refractivity contribution is 0.188. The smallest absolute Gasteiger partial charge is 0.326 e. The molecule has 2 aromatic carbocycles. The predicted octanol–water partition coefficient (Wildman–Crippen LogP) is 3.75. The second-order valence-corrected chi connectivity index (χ2v) is 8.01. The van der Waals surface area contributed by atoms with Crippen LogP contribution in [0.2, 0.25) is 0 Å². The Morgan fingerprint density at radius 1 is 0.964 bits per heavy atom. The summed E-state index contributed by atoms with van der Waals surface area (Å²) in [4.78, 5) is 24.2. The topological polar surface area (TPSA) is 72.6 Å². The van der Waals surface area contributed by atoms with Crippen LogP contribution >= 0.6 is 12.2 Å². The van der Waals surface area contributed by atoms with Gasteiger partial charge in [0.15, 0.2) is 4.77 Å². The van der Waals surface area contributed by atoms with Crippen LogP contribution in [0.15, 0.2) is 47.3 Å². The average Bonchev–Trinajstić information content (AvgIpc) is 3.24. The molecule has 7 heteroatoms. The molecule has 1 aliphatic rings. The third kappa shape index (κ3) is 3.21. The van der Waals surface area contributed by atoms with E-state index in [4.69, 9.17) is 12.2 Å². The van der Waals surface area contributed by atoms with Crippen molar-refractivity contribution < 1.29 is 0 Å². The van der Waals surface area contributed by atoms with Crippen molar-refractivity contribution in [1.82, 2.24) is 24.4 Å². The van der Waals surface area contributed by atoms with E-state index >= 15 is 0 Å². The number of imidazole rings is 2. The summed E-state index contributed by atoms with van der Waals surface area (Å²) in [6.45, 7) is 3.07. The minimum Gasteiger partial charge on any atom is -0.331 e. The van der Waals surface area contributed by atoms with Crippen molar-refractivity contribution in [1.29, 1.82) is 0 Å². The Hall–Kier alpha value is -2.64. The molecule has 2 aromatic heterocycles. The lowest BCUT2D eigenvalue weighted by atomic mass is 10.0. The zero-order valence-corrected chi connectivity index (χ0v) is 16.4. The van der Waals surface area contributed by atoms with E-state index in [9.17, 15) is 4.79 Å². The minimum atomic E-state index is 0.0109. The average molecular weight is 394 g/mol. The molecule has 5 rings (SSSR count). The van der Waals surface area contributed by atoms with E-state index in [2.05, 4.69) is 38.1 Å². The third-order valence-corrected chi connectivity index (χ3v) is 6.05. The van der Waals surface area contributed by atoms with Crippen molar-refractivity contribution in [3.63, 3.8) is 0 Å². The molecule has 0 spiro atoms. The Kier molecular flexibility index (Phi) is 4.41. The minimum absolute atomic E-state index is 0.0109. The van der Waals surface area contributed by atoms with Crippen molar-refractivity contribution in [3.05, 3.63) is 63.3 Å². The number of hydrogen-bond donors (Lipinski definition) is 3. The van der Waals surface area contributed by atoms with Crippen LogP contribution in [-0.4, -0.2) is 44.1 Å². The van der Waals surface area contributed by atoms with E-state index in [-0.39, 0.29) is 11.7 Å². The lowest BCUT2D eigenvalue weighted by Crippen LogP contribution is -2.37. The highest BCUT2D eigenvalue weighted by atomic mass is 32.1. The number of likely N-dealkylation sites (tertiary alicyclic amines) is 1. The van der Waals surface area contributed by atoms with E-state index < -0.39 is 0 Å². The van der Waals surface area contributed by atoms with Gasteiger partial charge in [-0.25, -0.2) is 4.79 Å². The zero-order chi connectivity index (χ0) is 19.1. The summed E-state index contributed by atoms with van der Waals surface area (Å²) in [5.74, 6) is 0. The molecule has 0 unspecified atom stereocenters. The van der Waals surface area contributed by atoms with Gasteiger partial charge in [0.1, 0.15) is 0 Å². The predicted molar refractivity (Wildman–Crippen MR) is 114 cm³/mol. The maximum Gasteiger partial charge on any atom is 0.326 e. The lowest BCUT2D eigenvalue weighted by Gasteiger charge is -2.32. The van der Waals surface area contributed by atoms with Crippen LogP contribution < -0.4 is 5.69 Å². The quantitative estimate of drug-likeness (QED) is 0.463. The number of piperidine rings is 1. The van der Waals surface area contributed by atoms with Crippen molar-refractivity contribution >= 4 is 34.3 Å². The third-order valence-electron chi connectivity index (χ3n) is 5.84. The molecular weight excluding hydrogens is 370 g/mol. The number of rotatable bonds is 4. The van der Waals surface area contributed by atoms with Gasteiger partial charge in [-0.05, 0) is 61.3 Å². The molecule has 4 aromatic rings. The summed E-state index contributed by atoms with van der Waals surface area (Å²) in [5, 5.41) is 0. The van der Waals surface area contributed by atoms with Crippen LogP contribution in [0.5, 0.6) is 0 Å². The number of aromatic nitrogens is 4. The second-order valence-electron chi connectivity index (χ2n) is 7.60. The normalized spacial score (nSPS) is 16.3. The molecule has 28 heavy (non-hydrogen) atoms. The first-order valence-corrected chi connectivity index (χ1v) is 10.2. The van der Waals surface area contributed by atoms with Crippen molar-refractivity contribution in [3.8, 4) is 0 Å². The SMILES string of the molecule is O=c1[nH]c2ccccc2n1C1CCN(CCc2ccc3[nH]c(=S)[nH]c3c2)CC1. The van der Waals surface area contributed by atoms with Crippen molar-refractivity contribution in [2.45, 2.75) is 25.3 Å². The monoisotopic (exact) mass is 393 g/mol. The van der Waals surface area contributed by atoms with Crippen LogP contribution in [0.25, 0.3) is 22.1 Å². The van der Waals surface area contributed by atoms with Crippen LogP contribution in [0.1, 0.15) is 24.4 Å². The van der Waals surface area contributed by atoms with Gasteiger partial charge >= 0.3 is 5.69 Å². The van der Waals surface area contributed by atoms with Gasteiger partial charge in [-0.2, -0.15) is 0 Å². The fraction of sp³-hybridized carbons (Fsp3) is 0.333. The molecule has 144 valence electrons. The fourth-order valence-corrected chi connectivity index (χ4v) is 4.58. The van der Waals surface area contributed by atoms with Crippen molar-refractivity contribution in [2.75, 3.05) is 19.6 Å².